The molecule has 2 heterocycles. The van der Waals surface area contributed by atoms with Crippen molar-refractivity contribution in [2.45, 2.75) is 32.7 Å². The molecule has 0 bridgehead atoms. The number of carbonyl (C=O) groups excluding carboxylic acids is 2. The van der Waals surface area contributed by atoms with Gasteiger partial charge in [0.25, 0.3) is 11.8 Å². The molecule has 0 aliphatic carbocycles. The van der Waals surface area contributed by atoms with Gasteiger partial charge in [0.15, 0.2) is 0 Å². The van der Waals surface area contributed by atoms with E-state index in [0.29, 0.717) is 21.3 Å². The minimum absolute atomic E-state index is 0.161. The Hall–Kier alpha value is -2.03. The minimum atomic E-state index is -0.335. The number of amides is 2. The van der Waals surface area contributed by atoms with Gasteiger partial charge in [0.1, 0.15) is 10.1 Å². The summed E-state index contributed by atoms with van der Waals surface area (Å²) in [6, 6.07) is 11.7. The Bertz CT molecular complexity index is 1100. The lowest BCUT2D eigenvalue weighted by Crippen LogP contribution is -2.29. The number of thioether (sulfide) groups is 1. The Morgan fingerprint density at radius 2 is 1.77 bits per heavy atom. The Kier molecular flexibility index (Phi) is 6.60. The summed E-state index contributed by atoms with van der Waals surface area (Å²) in [7, 11) is 0. The zero-order chi connectivity index (χ0) is 22.1. The zero-order valence-electron chi connectivity index (χ0n) is 16.9. The molecule has 4 rings (SSSR count). The fraction of sp³-hybridized carbons (Fsp3) is 0.261. The van der Waals surface area contributed by atoms with Crippen molar-refractivity contribution in [1.82, 2.24) is 4.90 Å². The van der Waals surface area contributed by atoms with Crippen molar-refractivity contribution in [3.63, 3.8) is 0 Å². The van der Waals surface area contributed by atoms with Crippen LogP contribution in [0, 0.1) is 5.82 Å². The first-order valence-corrected chi connectivity index (χ1v) is 12.1. The second-order valence-corrected chi connectivity index (χ2v) is 9.98. The van der Waals surface area contributed by atoms with Crippen molar-refractivity contribution in [1.29, 1.82) is 0 Å². The van der Waals surface area contributed by atoms with Crippen LogP contribution in [-0.2, 0) is 16.1 Å². The van der Waals surface area contributed by atoms with Gasteiger partial charge in [-0.2, -0.15) is 0 Å². The number of fused-ring (bicyclic) bond motifs is 1. The van der Waals surface area contributed by atoms with Crippen LogP contribution in [-0.4, -0.2) is 27.6 Å². The van der Waals surface area contributed by atoms with Crippen LogP contribution < -0.4 is 4.90 Å². The fourth-order valence-corrected chi connectivity index (χ4v) is 5.41. The maximum atomic E-state index is 13.4. The summed E-state index contributed by atoms with van der Waals surface area (Å²) >= 11 is 10.1. The van der Waals surface area contributed by atoms with Crippen molar-refractivity contribution >= 4 is 67.3 Å². The molecule has 0 N–H and O–H groups in total. The van der Waals surface area contributed by atoms with E-state index in [1.165, 1.54) is 17.0 Å². The van der Waals surface area contributed by atoms with Crippen LogP contribution in [0.2, 0.25) is 0 Å². The maximum absolute atomic E-state index is 13.4. The van der Waals surface area contributed by atoms with E-state index in [1.807, 2.05) is 18.2 Å². The molecular formula is C23H20BrFN2O2S2. The molecule has 1 fully saturated rings. The molecule has 2 amide bonds. The molecule has 0 spiro atoms. The highest BCUT2D eigenvalue weighted by Gasteiger charge is 2.41. The topological polar surface area (TPSA) is 40.6 Å². The maximum Gasteiger partial charge on any atom is 0.267 e. The molecule has 31 heavy (non-hydrogen) atoms. The molecule has 2 aliphatic rings. The number of unbranched alkanes of at least 4 members (excludes halogenated alkanes) is 2. The first-order chi connectivity index (χ1) is 14.9. The number of carbonyl (C=O) groups is 2. The van der Waals surface area contributed by atoms with Gasteiger partial charge in [-0.1, -0.05) is 71.8 Å². The molecular weight excluding hydrogens is 499 g/mol. The molecule has 0 aromatic heterocycles. The van der Waals surface area contributed by atoms with Gasteiger partial charge in [0, 0.05) is 16.6 Å². The number of hydrogen-bond donors (Lipinski definition) is 0. The lowest BCUT2D eigenvalue weighted by atomic mass is 10.1. The summed E-state index contributed by atoms with van der Waals surface area (Å²) in [6.45, 7) is 2.97. The average Bonchev–Trinajstić information content (AvgIpc) is 3.17. The monoisotopic (exact) mass is 518 g/mol. The smallest absolute Gasteiger partial charge is 0.267 e. The number of anilines is 1. The summed E-state index contributed by atoms with van der Waals surface area (Å²) in [5.74, 6) is -0.784. The third-order valence-corrected chi connectivity index (χ3v) is 7.23. The van der Waals surface area contributed by atoms with Crippen LogP contribution >= 0.6 is 39.9 Å². The minimum Gasteiger partial charge on any atom is -0.308 e. The van der Waals surface area contributed by atoms with Crippen LogP contribution in [0.5, 0.6) is 0 Å². The predicted octanol–water partition coefficient (Wildman–Crippen LogP) is 5.90. The number of halogens is 2. The number of rotatable bonds is 6. The van der Waals surface area contributed by atoms with E-state index in [1.54, 1.807) is 17.0 Å². The zero-order valence-corrected chi connectivity index (χ0v) is 20.1. The molecule has 0 unspecified atom stereocenters. The summed E-state index contributed by atoms with van der Waals surface area (Å²) in [4.78, 5) is 30.3. The van der Waals surface area contributed by atoms with Gasteiger partial charge in [-0.15, -0.1) is 0 Å². The van der Waals surface area contributed by atoms with Crippen molar-refractivity contribution in [3.05, 3.63) is 68.8 Å². The number of benzene rings is 2. The van der Waals surface area contributed by atoms with Gasteiger partial charge in [0.05, 0.1) is 22.7 Å². The van der Waals surface area contributed by atoms with Crippen LogP contribution in [0.4, 0.5) is 10.1 Å². The molecule has 2 aliphatic heterocycles. The second-order valence-electron chi connectivity index (χ2n) is 7.42. The van der Waals surface area contributed by atoms with Crippen LogP contribution in [0.15, 0.2) is 51.8 Å². The number of hydrogen-bond acceptors (Lipinski definition) is 4. The lowest BCUT2D eigenvalue weighted by molar-refractivity contribution is -0.122. The molecule has 2 aromatic rings. The highest BCUT2D eigenvalue weighted by molar-refractivity contribution is 9.10. The number of nitrogens with zero attached hydrogens (tertiary/aromatic N) is 2. The van der Waals surface area contributed by atoms with E-state index in [4.69, 9.17) is 12.2 Å². The van der Waals surface area contributed by atoms with Gasteiger partial charge in [-0.25, -0.2) is 4.39 Å². The summed E-state index contributed by atoms with van der Waals surface area (Å²) < 4.78 is 14.5. The van der Waals surface area contributed by atoms with E-state index in [2.05, 4.69) is 22.9 Å². The molecule has 160 valence electrons. The van der Waals surface area contributed by atoms with Gasteiger partial charge >= 0.3 is 0 Å². The van der Waals surface area contributed by atoms with Gasteiger partial charge in [-0.3, -0.25) is 14.5 Å². The highest BCUT2D eigenvalue weighted by atomic mass is 79.9. The van der Waals surface area contributed by atoms with E-state index in [9.17, 15) is 14.0 Å². The van der Waals surface area contributed by atoms with E-state index < -0.39 is 0 Å². The van der Waals surface area contributed by atoms with Crippen molar-refractivity contribution in [2.24, 2.45) is 0 Å². The Labute approximate surface area is 198 Å². The van der Waals surface area contributed by atoms with Crippen LogP contribution in [0.3, 0.4) is 0 Å². The van der Waals surface area contributed by atoms with Crippen molar-refractivity contribution in [3.8, 4) is 0 Å². The van der Waals surface area contributed by atoms with E-state index >= 15 is 0 Å². The SMILES string of the molecule is CCCCCN1C(=O)C(=C2SC(=S)N(Cc3ccc(F)cc3)C2=O)c2cc(Br)ccc21. The molecule has 8 heteroatoms. The second kappa shape index (κ2) is 9.22. The molecule has 0 saturated carbocycles. The van der Waals surface area contributed by atoms with E-state index in [-0.39, 0.29) is 24.2 Å². The molecule has 2 aromatic carbocycles. The molecule has 0 atom stereocenters. The van der Waals surface area contributed by atoms with Crippen molar-refractivity contribution < 1.29 is 14.0 Å². The van der Waals surface area contributed by atoms with Crippen LogP contribution in [0.1, 0.15) is 37.3 Å². The Balaban J connectivity index is 1.69. The summed E-state index contributed by atoms with van der Waals surface area (Å²) in [6.07, 6.45) is 2.99. The van der Waals surface area contributed by atoms with Gasteiger partial charge in [0.2, 0.25) is 0 Å². The van der Waals surface area contributed by atoms with Gasteiger partial charge < -0.3 is 4.90 Å². The summed E-state index contributed by atoms with van der Waals surface area (Å²) in [5, 5.41) is 0. The van der Waals surface area contributed by atoms with E-state index in [0.717, 1.165) is 52.3 Å². The average molecular weight is 519 g/mol. The standard InChI is InChI=1S/C23H20BrFN2O2S2/c1-2-3-4-11-26-18-10-7-15(24)12-17(18)19(21(26)28)20-22(29)27(23(30)31-20)13-14-5-8-16(25)9-6-14/h5-10,12H,2-4,11,13H2,1H3. The van der Waals surface area contributed by atoms with Gasteiger partial charge in [-0.05, 0) is 42.3 Å². The first kappa shape index (κ1) is 22.2. The Morgan fingerprint density at radius 3 is 2.48 bits per heavy atom. The quantitative estimate of drug-likeness (QED) is 0.271. The normalized spacial score (nSPS) is 18.4. The predicted molar refractivity (Wildman–Crippen MR) is 130 cm³/mol. The molecule has 4 nitrogen and oxygen atoms in total. The third kappa shape index (κ3) is 4.33. The molecule has 0 radical (unpaired) electrons. The molecule has 1 saturated heterocycles. The summed E-state index contributed by atoms with van der Waals surface area (Å²) in [5.41, 5.74) is 2.75. The largest absolute Gasteiger partial charge is 0.308 e. The number of thiocarbonyl (C=S) groups is 1. The first-order valence-electron chi connectivity index (χ1n) is 10.0. The third-order valence-electron chi connectivity index (χ3n) is 5.29. The van der Waals surface area contributed by atoms with Crippen LogP contribution in [0.25, 0.3) is 5.57 Å². The lowest BCUT2D eigenvalue weighted by Gasteiger charge is -2.17. The fourth-order valence-electron chi connectivity index (χ4n) is 3.72. The Morgan fingerprint density at radius 1 is 1.03 bits per heavy atom. The highest BCUT2D eigenvalue weighted by Crippen LogP contribution is 2.45. The van der Waals surface area contributed by atoms with Crippen molar-refractivity contribution in [2.75, 3.05) is 11.4 Å².